The summed E-state index contributed by atoms with van der Waals surface area (Å²) in [6.45, 7) is 0.0894. The predicted molar refractivity (Wildman–Crippen MR) is 168 cm³/mol. The van der Waals surface area contributed by atoms with E-state index in [0.29, 0.717) is 26.9 Å². The molecule has 2 aliphatic heterocycles. The number of aliphatic carboxylic acids is 1. The Bertz CT molecular complexity index is 1560. The van der Waals surface area contributed by atoms with E-state index in [9.17, 15) is 9.59 Å². The molecule has 206 valence electrons. The van der Waals surface area contributed by atoms with Crippen molar-refractivity contribution in [2.75, 3.05) is 11.4 Å². The molecule has 0 aromatic heterocycles. The molecule has 0 spiro atoms. The molecule has 1 saturated carbocycles. The van der Waals surface area contributed by atoms with Crippen LogP contribution in [0, 0.1) is 7.11 Å². The largest absolute Gasteiger partial charge is 0.482 e. The van der Waals surface area contributed by atoms with Gasteiger partial charge in [0.15, 0.2) is 7.11 Å². The number of amides is 1. The lowest BCUT2D eigenvalue weighted by atomic mass is 9.96. The van der Waals surface area contributed by atoms with E-state index in [1.54, 1.807) is 0 Å². The number of carboxylic acids is 1. The summed E-state index contributed by atoms with van der Waals surface area (Å²) < 4.78 is 5.15. The van der Waals surface area contributed by atoms with Crippen LogP contribution in [0.15, 0.2) is 71.6 Å². The number of carboxylic acid groups (broad SMARTS) is 1. The minimum Gasteiger partial charge on any atom is -0.482 e. The summed E-state index contributed by atoms with van der Waals surface area (Å²) >= 11 is 6.58. The number of thioether (sulfide) groups is 1. The average molecular weight is 581 g/mol. The molecule has 2 radical (unpaired) electrons. The second-order valence-electron chi connectivity index (χ2n) is 10.4. The van der Waals surface area contributed by atoms with Gasteiger partial charge in [0, 0.05) is 29.9 Å². The minimum atomic E-state index is -0.951. The molecule has 2 unspecified atom stereocenters. The molecule has 0 bridgehead atoms. The molecule has 2 atom stereocenters. The SMILES string of the molecule is [CH]Oc1ccc(C=Cc2ccc(N3c4ccc(/C=C5\SC(=S)N(CCC(=O)O)C5=O)cc4C4CCCC43)cc2)cc1. The first-order valence-corrected chi connectivity index (χ1v) is 14.8. The summed E-state index contributed by atoms with van der Waals surface area (Å²) in [5.74, 6) is -0.101. The van der Waals surface area contributed by atoms with E-state index in [-0.39, 0.29) is 18.9 Å². The first-order chi connectivity index (χ1) is 19.9. The molecule has 41 heavy (non-hydrogen) atoms. The molecule has 2 fully saturated rings. The van der Waals surface area contributed by atoms with Crippen molar-refractivity contribution in [3.63, 3.8) is 0 Å². The van der Waals surface area contributed by atoms with Crippen molar-refractivity contribution < 1.29 is 19.4 Å². The van der Waals surface area contributed by atoms with Crippen LogP contribution >= 0.6 is 24.0 Å². The van der Waals surface area contributed by atoms with Gasteiger partial charge in [-0.2, -0.15) is 0 Å². The number of thiocarbonyl (C=S) groups is 1. The number of anilines is 2. The van der Waals surface area contributed by atoms with Crippen LogP contribution in [0.3, 0.4) is 0 Å². The maximum Gasteiger partial charge on any atom is 0.305 e. The number of hydrogen-bond acceptors (Lipinski definition) is 6. The maximum atomic E-state index is 12.9. The van der Waals surface area contributed by atoms with Crippen LogP contribution in [0.1, 0.15) is 53.9 Å². The summed E-state index contributed by atoms with van der Waals surface area (Å²) in [5, 5.41) is 8.99. The summed E-state index contributed by atoms with van der Waals surface area (Å²) in [6.07, 6.45) is 9.37. The molecule has 3 aromatic rings. The second-order valence-corrected chi connectivity index (χ2v) is 12.1. The molecule has 6 rings (SSSR count). The van der Waals surface area contributed by atoms with Crippen LogP contribution in [0.4, 0.5) is 11.4 Å². The summed E-state index contributed by atoms with van der Waals surface area (Å²) in [6, 6.07) is 23.1. The van der Waals surface area contributed by atoms with E-state index < -0.39 is 5.97 Å². The third-order valence-corrected chi connectivity index (χ3v) is 9.28. The van der Waals surface area contributed by atoms with Crippen LogP contribution in [0.2, 0.25) is 0 Å². The number of benzene rings is 3. The fourth-order valence-corrected chi connectivity index (χ4v) is 7.26. The Kier molecular flexibility index (Phi) is 7.69. The molecular formula is C33H28N2O4S2. The number of carbonyl (C=O) groups is 2. The van der Waals surface area contributed by atoms with Crippen molar-refractivity contribution in [2.45, 2.75) is 37.6 Å². The molecule has 3 aliphatic rings. The number of carbonyl (C=O) groups excluding carboxylic acids is 1. The zero-order valence-corrected chi connectivity index (χ0v) is 23.9. The van der Waals surface area contributed by atoms with Gasteiger partial charge in [-0.25, -0.2) is 0 Å². The summed E-state index contributed by atoms with van der Waals surface area (Å²) in [7, 11) is 5.21. The van der Waals surface area contributed by atoms with E-state index in [4.69, 9.17) is 29.2 Å². The number of ether oxygens (including phenoxy) is 1. The molecule has 3 aromatic carbocycles. The van der Waals surface area contributed by atoms with Gasteiger partial charge in [0.25, 0.3) is 5.91 Å². The van der Waals surface area contributed by atoms with E-state index in [1.807, 2.05) is 30.3 Å². The van der Waals surface area contributed by atoms with Gasteiger partial charge < -0.3 is 14.7 Å². The average Bonchev–Trinajstić information content (AvgIpc) is 3.64. The Balaban J connectivity index is 1.22. The molecule has 8 heteroatoms. The smallest absolute Gasteiger partial charge is 0.305 e. The van der Waals surface area contributed by atoms with Crippen LogP contribution < -0.4 is 9.64 Å². The quantitative estimate of drug-likeness (QED) is 0.169. The molecule has 1 N–H and O–H groups in total. The Morgan fingerprint density at radius 2 is 1.71 bits per heavy atom. The van der Waals surface area contributed by atoms with Crippen LogP contribution in [-0.4, -0.2) is 38.8 Å². The Morgan fingerprint density at radius 1 is 1.02 bits per heavy atom. The molecule has 2 heterocycles. The second kappa shape index (κ2) is 11.5. The highest BCUT2D eigenvalue weighted by molar-refractivity contribution is 8.26. The van der Waals surface area contributed by atoms with Gasteiger partial charge in [-0.1, -0.05) is 72.9 Å². The Hall–Kier alpha value is -3.88. The zero-order chi connectivity index (χ0) is 28.5. The highest BCUT2D eigenvalue weighted by Gasteiger charge is 2.42. The van der Waals surface area contributed by atoms with Gasteiger partial charge in [0.05, 0.1) is 11.3 Å². The van der Waals surface area contributed by atoms with Crippen LogP contribution in [0.5, 0.6) is 5.75 Å². The normalized spacial score (nSPS) is 20.8. The molecule has 6 nitrogen and oxygen atoms in total. The number of nitrogens with zero attached hydrogens (tertiary/aromatic N) is 2. The van der Waals surface area contributed by atoms with Crippen LogP contribution in [0.25, 0.3) is 18.2 Å². The van der Waals surface area contributed by atoms with E-state index >= 15 is 0 Å². The fourth-order valence-electron chi connectivity index (χ4n) is 5.95. The van der Waals surface area contributed by atoms with Crippen molar-refractivity contribution >= 4 is 69.8 Å². The van der Waals surface area contributed by atoms with Gasteiger partial charge in [0.2, 0.25) is 0 Å². The fraction of sp³-hybridized carbons (Fsp3) is 0.212. The maximum absolute atomic E-state index is 12.9. The minimum absolute atomic E-state index is 0.0894. The predicted octanol–water partition coefficient (Wildman–Crippen LogP) is 7.37. The summed E-state index contributed by atoms with van der Waals surface area (Å²) in [5.41, 5.74) is 6.85. The third kappa shape index (κ3) is 5.54. The molecule has 1 amide bonds. The lowest BCUT2D eigenvalue weighted by Crippen LogP contribution is -2.30. The lowest BCUT2D eigenvalue weighted by Gasteiger charge is -2.27. The van der Waals surface area contributed by atoms with Gasteiger partial charge in [0.1, 0.15) is 10.1 Å². The molecular weight excluding hydrogens is 553 g/mol. The van der Waals surface area contributed by atoms with E-state index in [1.165, 1.54) is 40.0 Å². The highest BCUT2D eigenvalue weighted by atomic mass is 32.2. The van der Waals surface area contributed by atoms with Gasteiger partial charge in [-0.3, -0.25) is 14.5 Å². The monoisotopic (exact) mass is 580 g/mol. The van der Waals surface area contributed by atoms with Gasteiger partial charge >= 0.3 is 5.97 Å². The number of hydrogen-bond donors (Lipinski definition) is 1. The first-order valence-electron chi connectivity index (χ1n) is 13.6. The van der Waals surface area contributed by atoms with Crippen LogP contribution in [-0.2, 0) is 9.59 Å². The van der Waals surface area contributed by atoms with E-state index in [2.05, 4.69) is 59.5 Å². The zero-order valence-electron chi connectivity index (χ0n) is 22.2. The standard InChI is InChI=1S/C33H28N2O4S2/c1-39-25-14-9-22(10-15-25)6-5-21-7-12-24(13-8-21)35-28-4-2-3-26(28)27-19-23(11-16-29(27)35)20-30-32(38)34(33(40)41-30)18-17-31(36)37/h1,5-16,19-20,26,28H,2-4,17-18H2,(H,36,37)/b6-5?,30-20-. The molecule has 1 aliphatic carbocycles. The number of rotatable bonds is 8. The third-order valence-electron chi connectivity index (χ3n) is 7.90. The first kappa shape index (κ1) is 27.3. The topological polar surface area (TPSA) is 70.1 Å². The van der Waals surface area contributed by atoms with Crippen molar-refractivity contribution in [3.8, 4) is 5.75 Å². The Labute approximate surface area is 249 Å². The van der Waals surface area contributed by atoms with Crippen molar-refractivity contribution in [1.29, 1.82) is 0 Å². The Morgan fingerprint density at radius 3 is 2.39 bits per heavy atom. The van der Waals surface area contributed by atoms with E-state index in [0.717, 1.165) is 29.5 Å². The molecule has 1 saturated heterocycles. The lowest BCUT2D eigenvalue weighted by molar-refractivity contribution is -0.137. The number of fused-ring (bicyclic) bond motifs is 3. The van der Waals surface area contributed by atoms with Crippen molar-refractivity contribution in [3.05, 3.63) is 101 Å². The van der Waals surface area contributed by atoms with Crippen molar-refractivity contribution in [2.24, 2.45) is 0 Å². The highest BCUT2D eigenvalue weighted by Crippen LogP contribution is 2.52. The van der Waals surface area contributed by atoms with Gasteiger partial charge in [-0.05, 0) is 77.6 Å². The van der Waals surface area contributed by atoms with Crippen molar-refractivity contribution in [1.82, 2.24) is 4.90 Å². The summed E-state index contributed by atoms with van der Waals surface area (Å²) in [4.78, 5) is 28.3. The van der Waals surface area contributed by atoms with Gasteiger partial charge in [-0.15, -0.1) is 0 Å².